The number of carbonyl (C=O) groups excluding carboxylic acids is 1. The number of nitrogen functional groups attached to an aromatic ring is 1. The van der Waals surface area contributed by atoms with Gasteiger partial charge in [0.05, 0.1) is 23.7 Å². The first-order valence-corrected chi connectivity index (χ1v) is 8.14. The van der Waals surface area contributed by atoms with Gasteiger partial charge in [-0.05, 0) is 30.3 Å². The smallest absolute Gasteiger partial charge is 0.416 e. The molecule has 0 bridgehead atoms. The Morgan fingerprint density at radius 3 is 2.39 bits per heavy atom. The minimum Gasteiger partial charge on any atom is -0.465 e. The molecule has 0 aliphatic rings. The lowest BCUT2D eigenvalue weighted by Gasteiger charge is -2.11. The van der Waals surface area contributed by atoms with E-state index in [0.717, 1.165) is 12.1 Å². The summed E-state index contributed by atoms with van der Waals surface area (Å²) < 4.78 is 45.5. The second-order valence-electron chi connectivity index (χ2n) is 6.02. The summed E-state index contributed by atoms with van der Waals surface area (Å²) in [5.41, 5.74) is 6.70. The van der Waals surface area contributed by atoms with Gasteiger partial charge in [0.15, 0.2) is 5.65 Å². The lowest BCUT2D eigenvalue weighted by Crippen LogP contribution is -2.09. The lowest BCUT2D eigenvalue weighted by molar-refractivity contribution is -0.137. The highest BCUT2D eigenvalue weighted by atomic mass is 19.4. The van der Waals surface area contributed by atoms with Crippen molar-refractivity contribution in [2.75, 3.05) is 12.8 Å². The molecule has 2 aromatic carbocycles. The number of alkyl halides is 3. The molecule has 28 heavy (non-hydrogen) atoms. The monoisotopic (exact) mass is 386 g/mol. The van der Waals surface area contributed by atoms with E-state index >= 15 is 0 Å². The predicted octanol–water partition coefficient (Wildman–Crippen LogP) is 3.96. The molecule has 0 atom stereocenters. The molecule has 0 fully saturated rings. The van der Waals surface area contributed by atoms with Crippen LogP contribution in [0.25, 0.3) is 27.9 Å². The topological polar surface area (TPSA) is 83.0 Å². The molecule has 9 heteroatoms. The summed E-state index contributed by atoms with van der Waals surface area (Å²) in [7, 11) is 1.18. The van der Waals surface area contributed by atoms with Crippen LogP contribution in [-0.4, -0.2) is 27.6 Å². The zero-order chi connectivity index (χ0) is 20.1. The standard InChI is InChI=1S/C19H13F3N4O2/c1-28-18(27)14-15-17(25-13-8-3-2-7-12(13)24-15)26(16(14)23)11-6-4-5-10(9-11)19(20,21)22/h2-9H,23H2,1H3. The van der Waals surface area contributed by atoms with Crippen LogP contribution in [-0.2, 0) is 10.9 Å². The molecule has 0 unspecified atom stereocenters. The van der Waals surface area contributed by atoms with Crippen LogP contribution in [0.1, 0.15) is 15.9 Å². The Bertz CT molecular complexity index is 1230. The van der Waals surface area contributed by atoms with E-state index in [1.54, 1.807) is 24.3 Å². The van der Waals surface area contributed by atoms with E-state index in [1.807, 2.05) is 0 Å². The number of hydrogen-bond donors (Lipinski definition) is 1. The first kappa shape index (κ1) is 17.8. The zero-order valence-electron chi connectivity index (χ0n) is 14.5. The summed E-state index contributed by atoms with van der Waals surface area (Å²) in [4.78, 5) is 21.2. The SMILES string of the molecule is COC(=O)c1c(N)n(-c2cccc(C(F)(F)F)c2)c2nc3ccccc3nc12. The van der Waals surface area contributed by atoms with Crippen molar-refractivity contribution in [1.29, 1.82) is 0 Å². The number of anilines is 1. The van der Waals surface area contributed by atoms with Crippen molar-refractivity contribution in [2.45, 2.75) is 6.18 Å². The molecule has 4 rings (SSSR count). The summed E-state index contributed by atoms with van der Waals surface area (Å²) >= 11 is 0. The van der Waals surface area contributed by atoms with Gasteiger partial charge in [0.25, 0.3) is 0 Å². The number of esters is 1. The number of hydrogen-bond acceptors (Lipinski definition) is 5. The molecule has 4 aromatic rings. The first-order valence-electron chi connectivity index (χ1n) is 8.14. The molecule has 2 N–H and O–H groups in total. The quantitative estimate of drug-likeness (QED) is 0.527. The van der Waals surface area contributed by atoms with Crippen molar-refractivity contribution >= 4 is 34.0 Å². The Balaban J connectivity index is 2.10. The fourth-order valence-electron chi connectivity index (χ4n) is 3.05. The van der Waals surface area contributed by atoms with Crippen LogP contribution in [0.3, 0.4) is 0 Å². The highest BCUT2D eigenvalue weighted by Crippen LogP contribution is 2.34. The Morgan fingerprint density at radius 1 is 1.07 bits per heavy atom. The summed E-state index contributed by atoms with van der Waals surface area (Å²) in [5.74, 6) is -0.853. The van der Waals surface area contributed by atoms with Crippen molar-refractivity contribution < 1.29 is 22.7 Å². The molecule has 2 heterocycles. The molecule has 142 valence electrons. The van der Waals surface area contributed by atoms with Crippen molar-refractivity contribution in [1.82, 2.24) is 14.5 Å². The summed E-state index contributed by atoms with van der Waals surface area (Å²) in [6, 6.07) is 11.5. The number of aromatic nitrogens is 3. The molecule has 0 saturated carbocycles. The van der Waals surface area contributed by atoms with Gasteiger partial charge in [-0.2, -0.15) is 13.2 Å². The van der Waals surface area contributed by atoms with E-state index in [4.69, 9.17) is 10.5 Å². The van der Waals surface area contributed by atoms with Gasteiger partial charge in [0.2, 0.25) is 0 Å². The maximum Gasteiger partial charge on any atom is 0.416 e. The fraction of sp³-hybridized carbons (Fsp3) is 0.105. The Hall–Kier alpha value is -3.62. The van der Waals surface area contributed by atoms with Gasteiger partial charge >= 0.3 is 12.1 Å². The molecule has 0 saturated heterocycles. The number of halogens is 3. The number of nitrogens with two attached hydrogens (primary N) is 1. The molecule has 0 aliphatic carbocycles. The van der Waals surface area contributed by atoms with E-state index in [2.05, 4.69) is 9.97 Å². The van der Waals surface area contributed by atoms with Crippen molar-refractivity contribution in [3.8, 4) is 5.69 Å². The van der Waals surface area contributed by atoms with Gasteiger partial charge in [0, 0.05) is 5.69 Å². The number of methoxy groups -OCH3 is 1. The number of rotatable bonds is 2. The van der Waals surface area contributed by atoms with Crippen molar-refractivity contribution in [2.24, 2.45) is 0 Å². The fourth-order valence-corrected chi connectivity index (χ4v) is 3.05. The summed E-state index contributed by atoms with van der Waals surface area (Å²) in [6.07, 6.45) is -4.53. The highest BCUT2D eigenvalue weighted by molar-refractivity contribution is 6.08. The number of para-hydroxylation sites is 2. The third-order valence-corrected chi connectivity index (χ3v) is 4.32. The zero-order valence-corrected chi connectivity index (χ0v) is 14.5. The van der Waals surface area contributed by atoms with Crippen LogP contribution < -0.4 is 5.73 Å². The van der Waals surface area contributed by atoms with Gasteiger partial charge in [-0.3, -0.25) is 4.57 Å². The summed E-state index contributed by atoms with van der Waals surface area (Å²) in [5, 5.41) is 0. The molecule has 6 nitrogen and oxygen atoms in total. The van der Waals surface area contributed by atoms with Crippen LogP contribution in [0.4, 0.5) is 19.0 Å². The van der Waals surface area contributed by atoms with E-state index in [0.29, 0.717) is 11.0 Å². The molecular formula is C19H13F3N4O2. The molecule has 0 radical (unpaired) electrons. The van der Waals surface area contributed by atoms with Gasteiger partial charge in [0.1, 0.15) is 16.9 Å². The third kappa shape index (κ3) is 2.72. The first-order chi connectivity index (χ1) is 13.3. The molecule has 2 aromatic heterocycles. The number of fused-ring (bicyclic) bond motifs is 2. The number of benzene rings is 2. The average molecular weight is 386 g/mol. The van der Waals surface area contributed by atoms with Gasteiger partial charge in [-0.1, -0.05) is 18.2 Å². The van der Waals surface area contributed by atoms with Crippen LogP contribution >= 0.6 is 0 Å². The predicted molar refractivity (Wildman–Crippen MR) is 97.1 cm³/mol. The minimum absolute atomic E-state index is 0.0480. The maximum absolute atomic E-state index is 13.2. The van der Waals surface area contributed by atoms with Crippen LogP contribution in [0.15, 0.2) is 48.5 Å². The molecule has 0 spiro atoms. The van der Waals surface area contributed by atoms with E-state index < -0.39 is 17.7 Å². The third-order valence-electron chi connectivity index (χ3n) is 4.32. The maximum atomic E-state index is 13.2. The number of nitrogens with zero attached hydrogens (tertiary/aromatic N) is 3. The molecule has 0 amide bonds. The lowest BCUT2D eigenvalue weighted by atomic mass is 10.2. The van der Waals surface area contributed by atoms with Crippen LogP contribution in [0.2, 0.25) is 0 Å². The molecule has 0 aliphatic heterocycles. The molecular weight excluding hydrogens is 373 g/mol. The van der Waals surface area contributed by atoms with Gasteiger partial charge in [-0.15, -0.1) is 0 Å². The Kier molecular flexibility index (Phi) is 3.95. The van der Waals surface area contributed by atoms with Crippen LogP contribution in [0.5, 0.6) is 0 Å². The van der Waals surface area contributed by atoms with E-state index in [1.165, 1.54) is 23.8 Å². The van der Waals surface area contributed by atoms with Crippen molar-refractivity contribution in [3.05, 3.63) is 59.7 Å². The van der Waals surface area contributed by atoms with Gasteiger partial charge < -0.3 is 10.5 Å². The minimum atomic E-state index is -4.53. The largest absolute Gasteiger partial charge is 0.465 e. The van der Waals surface area contributed by atoms with Crippen LogP contribution in [0, 0.1) is 0 Å². The second kappa shape index (κ2) is 6.22. The van der Waals surface area contributed by atoms with Gasteiger partial charge in [-0.25, -0.2) is 14.8 Å². The van der Waals surface area contributed by atoms with E-state index in [9.17, 15) is 18.0 Å². The second-order valence-corrected chi connectivity index (χ2v) is 6.02. The Morgan fingerprint density at radius 2 is 1.75 bits per heavy atom. The average Bonchev–Trinajstić information content (AvgIpc) is 2.95. The number of carbonyl (C=O) groups is 1. The van der Waals surface area contributed by atoms with Crippen molar-refractivity contribution in [3.63, 3.8) is 0 Å². The normalized spacial score (nSPS) is 11.9. The summed E-state index contributed by atoms with van der Waals surface area (Å²) in [6.45, 7) is 0. The number of ether oxygens (including phenoxy) is 1. The Labute approximate surface area is 156 Å². The van der Waals surface area contributed by atoms with E-state index in [-0.39, 0.29) is 28.2 Å². The highest BCUT2D eigenvalue weighted by Gasteiger charge is 2.31.